The molecule has 1 saturated heterocycles. The van der Waals surface area contributed by atoms with E-state index in [4.69, 9.17) is 11.6 Å². The van der Waals surface area contributed by atoms with Gasteiger partial charge in [-0.25, -0.2) is 4.39 Å². The molecule has 1 unspecified atom stereocenters. The Balaban J connectivity index is 2.08. The summed E-state index contributed by atoms with van der Waals surface area (Å²) in [6.07, 6.45) is 1.70. The van der Waals surface area contributed by atoms with E-state index in [1.54, 1.807) is 0 Å². The fourth-order valence-corrected chi connectivity index (χ4v) is 2.03. The van der Waals surface area contributed by atoms with Crippen molar-refractivity contribution in [3.8, 4) is 0 Å². The number of anilines is 1. The molecule has 4 nitrogen and oxygen atoms in total. The Morgan fingerprint density at radius 3 is 2.84 bits per heavy atom. The van der Waals surface area contributed by atoms with Crippen LogP contribution in [0.15, 0.2) is 30.9 Å². The SMILES string of the molecule is C=CC(=O)N1CCC1C(=O)Nc1cccc(Cl)c1F. The molecule has 1 aliphatic heterocycles. The molecule has 1 heterocycles. The maximum Gasteiger partial charge on any atom is 0.247 e. The van der Waals surface area contributed by atoms with Crippen molar-refractivity contribution in [3.63, 3.8) is 0 Å². The van der Waals surface area contributed by atoms with Gasteiger partial charge in [-0.15, -0.1) is 0 Å². The molecule has 0 spiro atoms. The van der Waals surface area contributed by atoms with E-state index in [1.165, 1.54) is 23.1 Å². The number of carbonyl (C=O) groups is 2. The van der Waals surface area contributed by atoms with Gasteiger partial charge >= 0.3 is 0 Å². The highest BCUT2D eigenvalue weighted by molar-refractivity contribution is 6.31. The first-order chi connectivity index (χ1) is 9.04. The number of hydrogen-bond donors (Lipinski definition) is 1. The molecule has 0 aliphatic carbocycles. The van der Waals surface area contributed by atoms with Crippen molar-refractivity contribution >= 4 is 29.1 Å². The van der Waals surface area contributed by atoms with Gasteiger partial charge in [0.2, 0.25) is 11.8 Å². The fraction of sp³-hybridized carbons (Fsp3) is 0.231. The highest BCUT2D eigenvalue weighted by Gasteiger charge is 2.36. The smallest absolute Gasteiger partial charge is 0.247 e. The summed E-state index contributed by atoms with van der Waals surface area (Å²) < 4.78 is 13.6. The zero-order valence-electron chi connectivity index (χ0n) is 10.0. The molecule has 0 aromatic heterocycles. The summed E-state index contributed by atoms with van der Waals surface area (Å²) >= 11 is 5.62. The minimum absolute atomic E-state index is 0.00963. The Morgan fingerprint density at radius 2 is 2.26 bits per heavy atom. The van der Waals surface area contributed by atoms with Crippen molar-refractivity contribution in [2.24, 2.45) is 0 Å². The first-order valence-electron chi connectivity index (χ1n) is 5.72. The van der Waals surface area contributed by atoms with Crippen molar-refractivity contribution in [1.29, 1.82) is 0 Å². The number of nitrogens with one attached hydrogen (secondary N) is 1. The molecule has 0 saturated carbocycles. The summed E-state index contributed by atoms with van der Waals surface area (Å²) in [6, 6.07) is 3.76. The third kappa shape index (κ3) is 2.61. The monoisotopic (exact) mass is 282 g/mol. The summed E-state index contributed by atoms with van der Waals surface area (Å²) in [7, 11) is 0. The highest BCUT2D eigenvalue weighted by Crippen LogP contribution is 2.24. The minimum Gasteiger partial charge on any atom is -0.327 e. The normalized spacial score (nSPS) is 17.6. The highest BCUT2D eigenvalue weighted by atomic mass is 35.5. The molecule has 1 aromatic rings. The van der Waals surface area contributed by atoms with Crippen molar-refractivity contribution in [2.75, 3.05) is 11.9 Å². The number of rotatable bonds is 3. The van der Waals surface area contributed by atoms with E-state index in [0.717, 1.165) is 6.08 Å². The van der Waals surface area contributed by atoms with E-state index < -0.39 is 17.8 Å². The van der Waals surface area contributed by atoms with Gasteiger partial charge in [0.1, 0.15) is 6.04 Å². The number of benzene rings is 1. The Morgan fingerprint density at radius 1 is 1.53 bits per heavy atom. The second-order valence-electron chi connectivity index (χ2n) is 4.13. The van der Waals surface area contributed by atoms with Gasteiger partial charge in [-0.2, -0.15) is 0 Å². The Kier molecular flexibility index (Phi) is 3.85. The lowest BCUT2D eigenvalue weighted by Gasteiger charge is -2.39. The number of halogens is 2. The van der Waals surface area contributed by atoms with Crippen LogP contribution >= 0.6 is 11.6 Å². The molecular weight excluding hydrogens is 271 g/mol. The molecule has 19 heavy (non-hydrogen) atoms. The van der Waals surface area contributed by atoms with Crippen LogP contribution < -0.4 is 5.32 Å². The molecule has 1 N–H and O–H groups in total. The van der Waals surface area contributed by atoms with Crippen LogP contribution in [-0.4, -0.2) is 29.3 Å². The van der Waals surface area contributed by atoms with E-state index in [9.17, 15) is 14.0 Å². The van der Waals surface area contributed by atoms with Gasteiger partial charge in [0.05, 0.1) is 10.7 Å². The van der Waals surface area contributed by atoms with Gasteiger partial charge < -0.3 is 10.2 Å². The standard InChI is InChI=1S/C13H12ClFN2O2/c1-2-11(18)17-7-6-10(17)13(19)16-9-5-3-4-8(14)12(9)15/h2-5,10H,1,6-7H2,(H,16,19). The summed E-state index contributed by atoms with van der Waals surface area (Å²) in [4.78, 5) is 24.7. The molecule has 1 aromatic carbocycles. The van der Waals surface area contributed by atoms with Gasteiger partial charge in [0, 0.05) is 6.54 Å². The lowest BCUT2D eigenvalue weighted by molar-refractivity contribution is -0.141. The van der Waals surface area contributed by atoms with Crippen LogP contribution in [0.3, 0.4) is 0 Å². The Bertz CT molecular complexity index is 547. The lowest BCUT2D eigenvalue weighted by Crippen LogP contribution is -2.56. The molecule has 1 aliphatic rings. The molecule has 0 radical (unpaired) electrons. The first kappa shape index (κ1) is 13.5. The van der Waals surface area contributed by atoms with Crippen LogP contribution in [-0.2, 0) is 9.59 Å². The van der Waals surface area contributed by atoms with Crippen molar-refractivity contribution < 1.29 is 14.0 Å². The number of nitrogens with zero attached hydrogens (tertiary/aromatic N) is 1. The largest absolute Gasteiger partial charge is 0.327 e. The maximum atomic E-state index is 13.6. The van der Waals surface area contributed by atoms with Gasteiger partial charge in [-0.05, 0) is 24.6 Å². The van der Waals surface area contributed by atoms with E-state index in [2.05, 4.69) is 11.9 Å². The Hall–Kier alpha value is -1.88. The van der Waals surface area contributed by atoms with Crippen molar-refractivity contribution in [1.82, 2.24) is 4.90 Å². The fourth-order valence-electron chi connectivity index (χ4n) is 1.86. The molecule has 0 bridgehead atoms. The summed E-state index contributed by atoms with van der Waals surface area (Å²) in [5.41, 5.74) is 0.00963. The topological polar surface area (TPSA) is 49.4 Å². The van der Waals surface area contributed by atoms with Gasteiger partial charge in [0.25, 0.3) is 0 Å². The third-order valence-corrected chi connectivity index (χ3v) is 3.28. The summed E-state index contributed by atoms with van der Waals surface area (Å²) in [6.45, 7) is 3.87. The van der Waals surface area contributed by atoms with Crippen LogP contribution in [0.5, 0.6) is 0 Å². The summed E-state index contributed by atoms with van der Waals surface area (Å²) in [5, 5.41) is 2.37. The number of hydrogen-bond acceptors (Lipinski definition) is 2. The van der Waals surface area contributed by atoms with Crippen LogP contribution in [0, 0.1) is 5.82 Å². The van der Waals surface area contributed by atoms with Gasteiger partial charge in [-0.1, -0.05) is 24.2 Å². The second kappa shape index (κ2) is 5.40. The van der Waals surface area contributed by atoms with Crippen LogP contribution in [0.1, 0.15) is 6.42 Å². The number of amides is 2. The first-order valence-corrected chi connectivity index (χ1v) is 6.10. The second-order valence-corrected chi connectivity index (χ2v) is 4.54. The molecule has 2 amide bonds. The molecule has 1 fully saturated rings. The average molecular weight is 283 g/mol. The molecule has 2 rings (SSSR count). The maximum absolute atomic E-state index is 13.6. The lowest BCUT2D eigenvalue weighted by atomic mass is 10.0. The Labute approximate surface area is 114 Å². The van der Waals surface area contributed by atoms with E-state index in [0.29, 0.717) is 13.0 Å². The molecular formula is C13H12ClFN2O2. The molecule has 1 atom stereocenters. The average Bonchev–Trinajstić information content (AvgIpc) is 2.33. The summed E-state index contributed by atoms with van der Waals surface area (Å²) in [5.74, 6) is -1.42. The van der Waals surface area contributed by atoms with Crippen LogP contribution in [0.25, 0.3) is 0 Å². The van der Waals surface area contributed by atoms with E-state index in [1.807, 2.05) is 0 Å². The van der Waals surface area contributed by atoms with E-state index in [-0.39, 0.29) is 16.6 Å². The predicted molar refractivity (Wildman–Crippen MR) is 70.4 cm³/mol. The van der Waals surface area contributed by atoms with Crippen molar-refractivity contribution in [2.45, 2.75) is 12.5 Å². The zero-order valence-corrected chi connectivity index (χ0v) is 10.8. The van der Waals surface area contributed by atoms with Gasteiger partial charge in [-0.3, -0.25) is 9.59 Å². The number of carbonyl (C=O) groups excluding carboxylic acids is 2. The van der Waals surface area contributed by atoms with Crippen LogP contribution in [0.2, 0.25) is 5.02 Å². The number of likely N-dealkylation sites (tertiary alicyclic amines) is 1. The minimum atomic E-state index is -0.682. The molecule has 6 heteroatoms. The van der Waals surface area contributed by atoms with Crippen molar-refractivity contribution in [3.05, 3.63) is 41.7 Å². The third-order valence-electron chi connectivity index (χ3n) is 2.99. The quantitative estimate of drug-likeness (QED) is 0.864. The predicted octanol–water partition coefficient (Wildman–Crippen LogP) is 2.20. The van der Waals surface area contributed by atoms with Gasteiger partial charge in [0.15, 0.2) is 5.82 Å². The zero-order chi connectivity index (χ0) is 14.0. The molecule has 100 valence electrons. The van der Waals surface area contributed by atoms with E-state index >= 15 is 0 Å². The van der Waals surface area contributed by atoms with Crippen LogP contribution in [0.4, 0.5) is 10.1 Å².